The maximum Gasteiger partial charge on any atom is 0.264 e. The number of likely N-dealkylation sites (N-methyl/N-ethyl adjacent to an activating group) is 1. The normalized spacial score (nSPS) is 10.3. The molecule has 0 aliphatic carbocycles. The second kappa shape index (κ2) is 7.49. The summed E-state index contributed by atoms with van der Waals surface area (Å²) in [5, 5.41) is 0. The van der Waals surface area contributed by atoms with Gasteiger partial charge in [0.25, 0.3) is 5.91 Å². The second-order valence-corrected chi connectivity index (χ2v) is 5.49. The molecule has 5 heteroatoms. The number of carbonyl (C=O) groups is 1. The van der Waals surface area contributed by atoms with Gasteiger partial charge >= 0.3 is 0 Å². The van der Waals surface area contributed by atoms with Crippen molar-refractivity contribution in [1.82, 2.24) is 9.55 Å². The summed E-state index contributed by atoms with van der Waals surface area (Å²) in [7, 11) is 1.73. The lowest BCUT2D eigenvalue weighted by Crippen LogP contribution is -2.31. The Balaban J connectivity index is 1.71. The van der Waals surface area contributed by atoms with E-state index in [-0.39, 0.29) is 12.5 Å². The van der Waals surface area contributed by atoms with Crippen molar-refractivity contribution < 1.29 is 9.53 Å². The first-order chi connectivity index (χ1) is 12.2. The standard InChI is InChI=1S/C20H19N3O2/c1-16(23-13-12-21-15-23)18-10-6-7-11-19(18)25-14-20(24)22(2)17-8-4-3-5-9-17/h3-13,15H,1,14H2,2H3. The molecular formula is C20H19N3O2. The molecule has 5 nitrogen and oxygen atoms in total. The Kier molecular flexibility index (Phi) is 4.95. The average molecular weight is 333 g/mol. The third-order valence-electron chi connectivity index (χ3n) is 3.88. The van der Waals surface area contributed by atoms with E-state index in [1.54, 1.807) is 29.0 Å². The molecule has 0 saturated carbocycles. The van der Waals surface area contributed by atoms with E-state index in [0.29, 0.717) is 5.75 Å². The number of para-hydroxylation sites is 2. The quantitative estimate of drug-likeness (QED) is 0.694. The Morgan fingerprint density at radius 2 is 1.88 bits per heavy atom. The number of imidazole rings is 1. The Morgan fingerprint density at radius 3 is 2.60 bits per heavy atom. The maximum absolute atomic E-state index is 12.4. The lowest BCUT2D eigenvalue weighted by atomic mass is 10.1. The number of aromatic nitrogens is 2. The highest BCUT2D eigenvalue weighted by atomic mass is 16.5. The van der Waals surface area contributed by atoms with E-state index in [0.717, 1.165) is 16.9 Å². The number of carbonyl (C=O) groups excluding carboxylic acids is 1. The van der Waals surface area contributed by atoms with Gasteiger partial charge in [-0.3, -0.25) is 4.79 Å². The van der Waals surface area contributed by atoms with Gasteiger partial charge in [0.2, 0.25) is 0 Å². The molecule has 0 N–H and O–H groups in total. The van der Waals surface area contributed by atoms with Gasteiger partial charge in [0, 0.05) is 30.7 Å². The zero-order valence-electron chi connectivity index (χ0n) is 14.0. The van der Waals surface area contributed by atoms with Crippen LogP contribution in [-0.4, -0.2) is 29.1 Å². The van der Waals surface area contributed by atoms with E-state index < -0.39 is 0 Å². The molecule has 0 bridgehead atoms. The van der Waals surface area contributed by atoms with E-state index in [4.69, 9.17) is 4.74 Å². The summed E-state index contributed by atoms with van der Waals surface area (Å²) in [5.74, 6) is 0.477. The van der Waals surface area contributed by atoms with Crippen LogP contribution in [0, 0.1) is 0 Å². The molecule has 1 heterocycles. The van der Waals surface area contributed by atoms with Crippen LogP contribution in [0.25, 0.3) is 5.70 Å². The Hall–Kier alpha value is -3.34. The highest BCUT2D eigenvalue weighted by Gasteiger charge is 2.14. The monoisotopic (exact) mass is 333 g/mol. The lowest BCUT2D eigenvalue weighted by molar-refractivity contribution is -0.120. The molecule has 0 radical (unpaired) electrons. The third-order valence-corrected chi connectivity index (χ3v) is 3.88. The zero-order chi connectivity index (χ0) is 17.6. The van der Waals surface area contributed by atoms with Crippen molar-refractivity contribution in [2.24, 2.45) is 0 Å². The molecule has 3 rings (SSSR count). The Labute approximate surface area is 146 Å². The molecule has 0 aliphatic heterocycles. The SMILES string of the molecule is C=C(c1ccccc1OCC(=O)N(C)c1ccccc1)n1ccnc1. The minimum Gasteiger partial charge on any atom is -0.483 e. The van der Waals surface area contributed by atoms with Crippen LogP contribution in [0.15, 0.2) is 79.9 Å². The summed E-state index contributed by atoms with van der Waals surface area (Å²) in [6.45, 7) is 4.03. The van der Waals surface area contributed by atoms with Gasteiger partial charge in [-0.25, -0.2) is 4.98 Å². The van der Waals surface area contributed by atoms with Gasteiger partial charge < -0.3 is 14.2 Å². The summed E-state index contributed by atoms with van der Waals surface area (Å²) >= 11 is 0. The van der Waals surface area contributed by atoms with Crippen molar-refractivity contribution >= 4 is 17.3 Å². The topological polar surface area (TPSA) is 47.4 Å². The first kappa shape index (κ1) is 16.5. The number of nitrogens with zero attached hydrogens (tertiary/aromatic N) is 3. The van der Waals surface area contributed by atoms with Crippen molar-refractivity contribution in [3.05, 3.63) is 85.5 Å². The van der Waals surface area contributed by atoms with Gasteiger partial charge in [-0.1, -0.05) is 36.9 Å². The maximum atomic E-state index is 12.4. The molecule has 25 heavy (non-hydrogen) atoms. The highest BCUT2D eigenvalue weighted by Crippen LogP contribution is 2.26. The highest BCUT2D eigenvalue weighted by molar-refractivity contribution is 5.93. The average Bonchev–Trinajstić information content (AvgIpc) is 3.20. The largest absolute Gasteiger partial charge is 0.483 e. The van der Waals surface area contributed by atoms with Crippen LogP contribution < -0.4 is 9.64 Å². The van der Waals surface area contributed by atoms with E-state index >= 15 is 0 Å². The van der Waals surface area contributed by atoms with E-state index in [1.165, 1.54) is 0 Å². The fraction of sp³-hybridized carbons (Fsp3) is 0.100. The minimum absolute atomic E-state index is 0.0559. The predicted octanol–water partition coefficient (Wildman–Crippen LogP) is 3.44. The second-order valence-electron chi connectivity index (χ2n) is 5.49. The number of amides is 1. The molecule has 126 valence electrons. The molecule has 0 saturated heterocycles. The molecule has 0 unspecified atom stereocenters. The predicted molar refractivity (Wildman–Crippen MR) is 98.4 cm³/mol. The molecule has 0 fully saturated rings. The van der Waals surface area contributed by atoms with Gasteiger partial charge in [0.15, 0.2) is 6.61 Å². The first-order valence-electron chi connectivity index (χ1n) is 7.88. The molecule has 0 atom stereocenters. The number of benzene rings is 2. The Morgan fingerprint density at radius 1 is 1.16 bits per heavy atom. The summed E-state index contributed by atoms with van der Waals surface area (Å²) in [6, 6.07) is 17.0. The summed E-state index contributed by atoms with van der Waals surface area (Å²) in [4.78, 5) is 18.0. The molecule has 3 aromatic rings. The van der Waals surface area contributed by atoms with E-state index in [9.17, 15) is 4.79 Å². The van der Waals surface area contributed by atoms with Gasteiger partial charge in [0.05, 0.1) is 12.0 Å². The summed E-state index contributed by atoms with van der Waals surface area (Å²) < 4.78 is 7.58. The van der Waals surface area contributed by atoms with Gasteiger partial charge in [0.1, 0.15) is 5.75 Å². The molecule has 2 aromatic carbocycles. The van der Waals surface area contributed by atoms with E-state index in [1.807, 2.05) is 60.8 Å². The Bertz CT molecular complexity index is 858. The van der Waals surface area contributed by atoms with Crippen molar-refractivity contribution in [3.63, 3.8) is 0 Å². The van der Waals surface area contributed by atoms with Crippen LogP contribution in [0.1, 0.15) is 5.56 Å². The minimum atomic E-state index is -0.130. The number of rotatable bonds is 6. The van der Waals surface area contributed by atoms with Crippen molar-refractivity contribution in [2.45, 2.75) is 0 Å². The van der Waals surface area contributed by atoms with Crippen molar-refractivity contribution in [3.8, 4) is 5.75 Å². The molecule has 1 aromatic heterocycles. The number of anilines is 1. The van der Waals surface area contributed by atoms with Crippen molar-refractivity contribution in [1.29, 1.82) is 0 Å². The van der Waals surface area contributed by atoms with Crippen LogP contribution in [-0.2, 0) is 4.79 Å². The van der Waals surface area contributed by atoms with Gasteiger partial charge in [-0.05, 0) is 24.3 Å². The summed E-state index contributed by atoms with van der Waals surface area (Å²) in [6.07, 6.45) is 5.17. The molecule has 0 spiro atoms. The number of hydrogen-bond donors (Lipinski definition) is 0. The molecular weight excluding hydrogens is 314 g/mol. The fourth-order valence-electron chi connectivity index (χ4n) is 2.42. The zero-order valence-corrected chi connectivity index (χ0v) is 14.0. The fourth-order valence-corrected chi connectivity index (χ4v) is 2.42. The van der Waals surface area contributed by atoms with Crippen LogP contribution in [0.2, 0.25) is 0 Å². The van der Waals surface area contributed by atoms with Crippen LogP contribution in [0.3, 0.4) is 0 Å². The first-order valence-corrected chi connectivity index (χ1v) is 7.88. The lowest BCUT2D eigenvalue weighted by Gasteiger charge is -2.18. The van der Waals surface area contributed by atoms with Crippen LogP contribution in [0.4, 0.5) is 5.69 Å². The van der Waals surface area contributed by atoms with Crippen LogP contribution >= 0.6 is 0 Å². The van der Waals surface area contributed by atoms with Crippen molar-refractivity contribution in [2.75, 3.05) is 18.6 Å². The number of ether oxygens (including phenoxy) is 1. The number of hydrogen-bond acceptors (Lipinski definition) is 3. The van der Waals surface area contributed by atoms with Gasteiger partial charge in [-0.2, -0.15) is 0 Å². The molecule has 0 aliphatic rings. The summed E-state index contributed by atoms with van der Waals surface area (Å²) in [5.41, 5.74) is 2.37. The van der Waals surface area contributed by atoms with Crippen LogP contribution in [0.5, 0.6) is 5.75 Å². The third kappa shape index (κ3) is 3.77. The van der Waals surface area contributed by atoms with E-state index in [2.05, 4.69) is 11.6 Å². The smallest absolute Gasteiger partial charge is 0.264 e. The van der Waals surface area contributed by atoms with Gasteiger partial charge in [-0.15, -0.1) is 0 Å². The molecule has 1 amide bonds.